The Bertz CT molecular complexity index is 422. The molecule has 0 radical (unpaired) electrons. The maximum absolute atomic E-state index is 4.57. The van der Waals surface area contributed by atoms with Crippen molar-refractivity contribution in [2.75, 3.05) is 6.54 Å². The van der Waals surface area contributed by atoms with Gasteiger partial charge in [0.2, 0.25) is 0 Å². The SMILES string of the molecule is CCCNC(C(C)c1ccccn1)C1C(C)(C)C1(C)C. The molecule has 0 amide bonds. The standard InChI is InChI=1S/C18H30N2/c1-7-11-20-15(16-17(3,4)18(16,5)6)13(2)14-10-8-9-12-19-14/h8-10,12-13,15-16,20H,7,11H2,1-6H3. The molecule has 2 heteroatoms. The van der Waals surface area contributed by atoms with E-state index in [9.17, 15) is 0 Å². The lowest BCUT2D eigenvalue weighted by molar-refractivity contribution is 0.350. The van der Waals surface area contributed by atoms with E-state index in [0.717, 1.165) is 6.54 Å². The lowest BCUT2D eigenvalue weighted by Crippen LogP contribution is -2.38. The van der Waals surface area contributed by atoms with Crippen molar-refractivity contribution in [3.05, 3.63) is 30.1 Å². The summed E-state index contributed by atoms with van der Waals surface area (Å²) in [5.74, 6) is 1.16. The van der Waals surface area contributed by atoms with Crippen LogP contribution < -0.4 is 5.32 Å². The number of rotatable bonds is 6. The predicted molar refractivity (Wildman–Crippen MR) is 85.8 cm³/mol. The first kappa shape index (κ1) is 15.5. The van der Waals surface area contributed by atoms with Crippen LogP contribution in [0.3, 0.4) is 0 Å². The van der Waals surface area contributed by atoms with Crippen molar-refractivity contribution in [2.45, 2.75) is 59.9 Å². The molecule has 1 saturated carbocycles. The summed E-state index contributed by atoms with van der Waals surface area (Å²) >= 11 is 0. The summed E-state index contributed by atoms with van der Waals surface area (Å²) in [5, 5.41) is 3.80. The Morgan fingerprint density at radius 2 is 1.85 bits per heavy atom. The molecule has 2 nitrogen and oxygen atoms in total. The Hall–Kier alpha value is -0.890. The van der Waals surface area contributed by atoms with E-state index >= 15 is 0 Å². The van der Waals surface area contributed by atoms with E-state index in [1.807, 2.05) is 12.3 Å². The highest BCUT2D eigenvalue weighted by atomic mass is 15.0. The molecule has 0 aliphatic heterocycles. The smallest absolute Gasteiger partial charge is 0.0447 e. The molecule has 0 saturated heterocycles. The van der Waals surface area contributed by atoms with Crippen LogP contribution in [0, 0.1) is 16.7 Å². The minimum absolute atomic E-state index is 0.404. The van der Waals surface area contributed by atoms with Crippen LogP contribution in [0.1, 0.15) is 59.6 Å². The summed E-state index contributed by atoms with van der Waals surface area (Å²) in [4.78, 5) is 4.57. The first-order valence-corrected chi connectivity index (χ1v) is 7.98. The van der Waals surface area contributed by atoms with E-state index in [1.165, 1.54) is 12.1 Å². The predicted octanol–water partition coefficient (Wildman–Crippen LogP) is 4.24. The molecular formula is C18H30N2. The van der Waals surface area contributed by atoms with Gasteiger partial charge in [-0.2, -0.15) is 0 Å². The Morgan fingerprint density at radius 1 is 1.20 bits per heavy atom. The quantitative estimate of drug-likeness (QED) is 0.839. The van der Waals surface area contributed by atoms with Crippen molar-refractivity contribution < 1.29 is 0 Å². The number of nitrogens with zero attached hydrogens (tertiary/aromatic N) is 1. The van der Waals surface area contributed by atoms with Crippen molar-refractivity contribution >= 4 is 0 Å². The minimum Gasteiger partial charge on any atom is -0.313 e. The third-order valence-electron chi connectivity index (χ3n) is 5.81. The molecule has 0 bridgehead atoms. The van der Waals surface area contributed by atoms with Gasteiger partial charge in [0.15, 0.2) is 0 Å². The molecule has 1 aliphatic carbocycles. The lowest BCUT2D eigenvalue weighted by Gasteiger charge is -2.27. The van der Waals surface area contributed by atoms with Crippen LogP contribution in [0.5, 0.6) is 0 Å². The van der Waals surface area contributed by atoms with Crippen molar-refractivity contribution in [3.8, 4) is 0 Å². The van der Waals surface area contributed by atoms with E-state index in [0.29, 0.717) is 28.7 Å². The first-order chi connectivity index (χ1) is 9.34. The highest BCUT2D eigenvalue weighted by molar-refractivity contribution is 5.21. The second-order valence-corrected chi connectivity index (χ2v) is 7.44. The van der Waals surface area contributed by atoms with E-state index in [1.54, 1.807) is 0 Å². The molecule has 1 N–H and O–H groups in total. The largest absolute Gasteiger partial charge is 0.313 e. The summed E-state index contributed by atoms with van der Waals surface area (Å²) < 4.78 is 0. The van der Waals surface area contributed by atoms with Crippen LogP contribution in [0.2, 0.25) is 0 Å². The Morgan fingerprint density at radius 3 is 2.30 bits per heavy atom. The molecule has 20 heavy (non-hydrogen) atoms. The number of hydrogen-bond donors (Lipinski definition) is 1. The highest BCUT2D eigenvalue weighted by Crippen LogP contribution is 2.70. The third-order valence-corrected chi connectivity index (χ3v) is 5.81. The summed E-state index contributed by atoms with van der Waals surface area (Å²) in [5.41, 5.74) is 2.02. The molecule has 1 aromatic heterocycles. The fourth-order valence-electron chi connectivity index (χ4n) is 3.87. The van der Waals surface area contributed by atoms with Crippen LogP contribution in [-0.2, 0) is 0 Å². The number of pyridine rings is 1. The third kappa shape index (κ3) is 2.50. The van der Waals surface area contributed by atoms with Crippen molar-refractivity contribution in [1.29, 1.82) is 0 Å². The summed E-state index contributed by atoms with van der Waals surface area (Å²) in [7, 11) is 0. The number of hydrogen-bond acceptors (Lipinski definition) is 2. The normalized spacial score (nSPS) is 23.3. The van der Waals surface area contributed by atoms with Crippen LogP contribution in [0.4, 0.5) is 0 Å². The lowest BCUT2D eigenvalue weighted by atomic mass is 9.89. The van der Waals surface area contributed by atoms with Gasteiger partial charge in [-0.05, 0) is 41.8 Å². The summed E-state index contributed by atoms with van der Waals surface area (Å²) in [6.45, 7) is 15.3. The van der Waals surface area contributed by atoms with Gasteiger partial charge in [-0.3, -0.25) is 4.98 Å². The second-order valence-electron chi connectivity index (χ2n) is 7.44. The average Bonchev–Trinajstić information content (AvgIpc) is 2.82. The zero-order chi connectivity index (χ0) is 15.0. The maximum atomic E-state index is 4.57. The summed E-state index contributed by atoms with van der Waals surface area (Å²) in [6, 6.07) is 6.76. The maximum Gasteiger partial charge on any atom is 0.0447 e. The van der Waals surface area contributed by atoms with Crippen LogP contribution in [-0.4, -0.2) is 17.6 Å². The molecule has 1 heterocycles. The summed E-state index contributed by atoms with van der Waals surface area (Å²) in [6.07, 6.45) is 3.09. The zero-order valence-electron chi connectivity index (χ0n) is 13.9. The molecule has 1 aromatic rings. The topological polar surface area (TPSA) is 24.9 Å². The van der Waals surface area contributed by atoms with Gasteiger partial charge in [0.25, 0.3) is 0 Å². The van der Waals surface area contributed by atoms with Crippen molar-refractivity contribution in [2.24, 2.45) is 16.7 Å². The van der Waals surface area contributed by atoms with Gasteiger partial charge in [0.1, 0.15) is 0 Å². The molecule has 1 aliphatic rings. The van der Waals surface area contributed by atoms with Gasteiger partial charge in [-0.15, -0.1) is 0 Å². The molecule has 112 valence electrons. The van der Waals surface area contributed by atoms with Gasteiger partial charge in [-0.25, -0.2) is 0 Å². The molecule has 2 rings (SSSR count). The van der Waals surface area contributed by atoms with Crippen LogP contribution in [0.15, 0.2) is 24.4 Å². The monoisotopic (exact) mass is 274 g/mol. The molecule has 1 fully saturated rings. The Balaban J connectivity index is 2.21. The van der Waals surface area contributed by atoms with Crippen molar-refractivity contribution in [3.63, 3.8) is 0 Å². The van der Waals surface area contributed by atoms with E-state index in [-0.39, 0.29) is 0 Å². The van der Waals surface area contributed by atoms with Crippen molar-refractivity contribution in [1.82, 2.24) is 10.3 Å². The molecule has 0 spiro atoms. The fourth-order valence-corrected chi connectivity index (χ4v) is 3.87. The highest BCUT2D eigenvalue weighted by Gasteiger charge is 2.67. The average molecular weight is 274 g/mol. The van der Waals surface area contributed by atoms with Gasteiger partial charge in [0, 0.05) is 23.9 Å². The van der Waals surface area contributed by atoms with Crippen LogP contribution in [0.25, 0.3) is 0 Å². The van der Waals surface area contributed by atoms with E-state index in [2.05, 4.69) is 64.0 Å². The van der Waals surface area contributed by atoms with Gasteiger partial charge in [0.05, 0.1) is 0 Å². The molecule has 0 aromatic carbocycles. The molecular weight excluding hydrogens is 244 g/mol. The first-order valence-electron chi connectivity index (χ1n) is 7.98. The van der Waals surface area contributed by atoms with E-state index < -0.39 is 0 Å². The molecule has 2 atom stereocenters. The van der Waals surface area contributed by atoms with Gasteiger partial charge < -0.3 is 5.32 Å². The van der Waals surface area contributed by atoms with E-state index in [4.69, 9.17) is 0 Å². The molecule has 2 unspecified atom stereocenters. The minimum atomic E-state index is 0.404. The van der Waals surface area contributed by atoms with Crippen LogP contribution >= 0.6 is 0 Å². The van der Waals surface area contributed by atoms with Gasteiger partial charge in [-0.1, -0.05) is 47.6 Å². The Labute approximate surface area is 124 Å². The number of aromatic nitrogens is 1. The fraction of sp³-hybridized carbons (Fsp3) is 0.722. The van der Waals surface area contributed by atoms with Gasteiger partial charge >= 0.3 is 0 Å². The number of nitrogens with one attached hydrogen (secondary N) is 1. The Kier molecular flexibility index (Phi) is 4.24. The zero-order valence-corrected chi connectivity index (χ0v) is 13.9. The second kappa shape index (κ2) is 5.48.